The zero-order valence-corrected chi connectivity index (χ0v) is 22.4. The summed E-state index contributed by atoms with van der Waals surface area (Å²) in [5.74, 6) is -2.27. The molecule has 1 spiro atoms. The molecule has 0 bridgehead atoms. The molecule has 198 valence electrons. The highest BCUT2D eigenvalue weighted by Crippen LogP contribution is 2.66. The van der Waals surface area contributed by atoms with Gasteiger partial charge in [0.2, 0.25) is 11.8 Å². The number of cyclic esters (lactones) is 1. The van der Waals surface area contributed by atoms with Crippen LogP contribution in [0, 0.1) is 11.8 Å². The number of aliphatic hydroxyl groups is 1. The summed E-state index contributed by atoms with van der Waals surface area (Å²) >= 11 is 1.54. The highest BCUT2D eigenvalue weighted by atomic mass is 32.2. The summed E-state index contributed by atoms with van der Waals surface area (Å²) in [6, 6.07) is 7.82. The number of hydrogen-bond donors (Lipinski definition) is 1. The Morgan fingerprint density at radius 1 is 1.08 bits per heavy atom. The Kier molecular flexibility index (Phi) is 7.24. The third-order valence-electron chi connectivity index (χ3n) is 8.27. The van der Waals surface area contributed by atoms with Crippen LogP contribution in [0.15, 0.2) is 54.6 Å². The fourth-order valence-corrected chi connectivity index (χ4v) is 8.73. The molecule has 2 saturated heterocycles. The second-order valence-corrected chi connectivity index (χ2v) is 12.4. The number of ether oxygens (including phenoxy) is 1. The van der Waals surface area contributed by atoms with E-state index in [4.69, 9.17) is 4.74 Å². The number of esters is 1. The van der Waals surface area contributed by atoms with Crippen LogP contribution in [-0.2, 0) is 19.1 Å². The van der Waals surface area contributed by atoms with E-state index in [1.165, 1.54) is 11.8 Å². The van der Waals surface area contributed by atoms with Gasteiger partial charge in [0.25, 0.3) is 0 Å². The molecule has 2 amide bonds. The summed E-state index contributed by atoms with van der Waals surface area (Å²) in [5, 5.41) is 10.6. The van der Waals surface area contributed by atoms with Crippen molar-refractivity contribution in [3.05, 3.63) is 60.2 Å². The predicted molar refractivity (Wildman–Crippen MR) is 143 cm³/mol. The number of likely N-dealkylation sites (tertiary alicyclic amines) is 1. The Morgan fingerprint density at radius 3 is 2.59 bits per heavy atom. The van der Waals surface area contributed by atoms with Crippen molar-refractivity contribution in [3.8, 4) is 0 Å². The topological polar surface area (TPSA) is 87.2 Å². The van der Waals surface area contributed by atoms with Crippen LogP contribution in [0.1, 0.15) is 51.1 Å². The van der Waals surface area contributed by atoms with Crippen molar-refractivity contribution in [3.63, 3.8) is 0 Å². The second kappa shape index (κ2) is 10.3. The van der Waals surface area contributed by atoms with E-state index in [1.54, 1.807) is 4.90 Å². The zero-order valence-electron chi connectivity index (χ0n) is 21.5. The van der Waals surface area contributed by atoms with Crippen molar-refractivity contribution >= 4 is 29.5 Å². The molecule has 8 heteroatoms. The van der Waals surface area contributed by atoms with Crippen LogP contribution in [0.5, 0.6) is 0 Å². The number of fused-ring (bicyclic) bond motifs is 2. The van der Waals surface area contributed by atoms with Gasteiger partial charge >= 0.3 is 5.97 Å². The van der Waals surface area contributed by atoms with Crippen molar-refractivity contribution in [2.24, 2.45) is 11.8 Å². The van der Waals surface area contributed by atoms with Gasteiger partial charge in [-0.2, -0.15) is 0 Å². The molecule has 37 heavy (non-hydrogen) atoms. The molecular weight excluding hydrogens is 488 g/mol. The summed E-state index contributed by atoms with van der Waals surface area (Å²) in [7, 11) is 0. The van der Waals surface area contributed by atoms with Gasteiger partial charge in [0, 0.05) is 17.8 Å². The number of aliphatic hydroxyl groups excluding tert-OH is 1. The lowest BCUT2D eigenvalue weighted by Crippen LogP contribution is -2.54. The number of amides is 2. The summed E-state index contributed by atoms with van der Waals surface area (Å²) in [6.45, 7) is 5.14. The van der Waals surface area contributed by atoms with Gasteiger partial charge in [0.1, 0.15) is 6.04 Å². The third-order valence-corrected chi connectivity index (χ3v) is 10.1. The van der Waals surface area contributed by atoms with Crippen molar-refractivity contribution in [2.45, 2.75) is 61.1 Å². The number of benzene rings is 1. The van der Waals surface area contributed by atoms with Gasteiger partial charge in [-0.05, 0) is 25.3 Å². The van der Waals surface area contributed by atoms with Gasteiger partial charge in [-0.3, -0.25) is 14.4 Å². The SMILES string of the molecule is CCCCCN1CC=C[C@]23S[C@]4(C)C=CCCOC(=O)[C@@H]4[C@H]2C(=O)N([C@H](CO)c2ccccc2)C3C1=O. The van der Waals surface area contributed by atoms with Gasteiger partial charge in [-0.15, -0.1) is 11.8 Å². The van der Waals surface area contributed by atoms with E-state index < -0.39 is 33.4 Å². The Labute approximate surface area is 222 Å². The number of thioether (sulfide) groups is 1. The first-order valence-electron chi connectivity index (χ1n) is 13.4. The Hall–Kier alpha value is -2.58. The minimum absolute atomic E-state index is 0.117. The lowest BCUT2D eigenvalue weighted by molar-refractivity contribution is -0.154. The van der Waals surface area contributed by atoms with Gasteiger partial charge in [-0.1, -0.05) is 74.4 Å². The molecule has 4 heterocycles. The van der Waals surface area contributed by atoms with Crippen LogP contribution in [0.2, 0.25) is 0 Å². The highest BCUT2D eigenvalue weighted by Gasteiger charge is 2.74. The molecule has 0 aliphatic carbocycles. The highest BCUT2D eigenvalue weighted by molar-refractivity contribution is 8.02. The molecule has 6 atom stereocenters. The predicted octanol–water partition coefficient (Wildman–Crippen LogP) is 3.50. The molecule has 1 unspecified atom stereocenters. The molecule has 1 N–H and O–H groups in total. The molecule has 1 aromatic carbocycles. The van der Waals surface area contributed by atoms with Crippen molar-refractivity contribution in [1.82, 2.24) is 9.80 Å². The molecular formula is C29H36N2O5S. The lowest BCUT2D eigenvalue weighted by Gasteiger charge is -2.40. The smallest absolute Gasteiger partial charge is 0.311 e. The fourth-order valence-electron chi connectivity index (χ4n) is 6.59. The lowest BCUT2D eigenvalue weighted by atomic mass is 9.74. The molecule has 0 saturated carbocycles. The number of hydrogen-bond acceptors (Lipinski definition) is 6. The van der Waals surface area contributed by atoms with E-state index in [9.17, 15) is 19.5 Å². The van der Waals surface area contributed by atoms with Crippen LogP contribution >= 0.6 is 11.8 Å². The second-order valence-electron chi connectivity index (χ2n) is 10.6. The molecule has 0 radical (unpaired) electrons. The van der Waals surface area contributed by atoms with Gasteiger partial charge in [-0.25, -0.2) is 0 Å². The Morgan fingerprint density at radius 2 is 1.86 bits per heavy atom. The number of carbonyl (C=O) groups is 3. The maximum Gasteiger partial charge on any atom is 0.311 e. The fraction of sp³-hybridized carbons (Fsp3) is 0.552. The normalized spacial score (nSPS) is 33.8. The minimum atomic E-state index is -0.941. The van der Waals surface area contributed by atoms with Crippen LogP contribution in [0.25, 0.3) is 0 Å². The van der Waals surface area contributed by atoms with Crippen molar-refractivity contribution in [2.75, 3.05) is 26.3 Å². The van der Waals surface area contributed by atoms with Crippen LogP contribution in [0.3, 0.4) is 0 Å². The monoisotopic (exact) mass is 524 g/mol. The molecule has 2 fully saturated rings. The standard InChI is InChI=1S/C29H36N2O5S/c1-3-4-9-16-30-17-11-15-29-22(23-27(35)36-18-10-8-14-28(23,2)37-29)25(33)31(24(29)26(30)34)21(19-32)20-12-6-5-7-13-20/h5-8,11-15,21-24,32H,3-4,9-10,16-19H2,1-2H3/t21-,22+,23+,24?,28-,29+/m1/s1. The summed E-state index contributed by atoms with van der Waals surface area (Å²) in [5.41, 5.74) is 0.764. The summed E-state index contributed by atoms with van der Waals surface area (Å²) in [6.07, 6.45) is 11.6. The molecule has 5 rings (SSSR count). The number of rotatable bonds is 7. The summed E-state index contributed by atoms with van der Waals surface area (Å²) in [4.78, 5) is 45.7. The van der Waals surface area contributed by atoms with Crippen molar-refractivity contribution < 1.29 is 24.2 Å². The van der Waals surface area contributed by atoms with Crippen LogP contribution in [-0.4, -0.2) is 74.5 Å². The molecule has 7 nitrogen and oxygen atoms in total. The van der Waals surface area contributed by atoms with Crippen molar-refractivity contribution in [1.29, 1.82) is 0 Å². The van der Waals surface area contributed by atoms with E-state index >= 15 is 0 Å². The molecule has 1 aromatic rings. The Balaban J connectivity index is 1.65. The number of unbranched alkanes of at least 4 members (excludes halogenated alkanes) is 2. The maximum absolute atomic E-state index is 14.5. The first kappa shape index (κ1) is 26.0. The first-order chi connectivity index (χ1) is 17.9. The van der Waals surface area contributed by atoms with E-state index in [2.05, 4.69) is 6.92 Å². The number of nitrogens with zero attached hydrogens (tertiary/aromatic N) is 2. The van der Waals surface area contributed by atoms with Crippen LogP contribution in [0.4, 0.5) is 0 Å². The van der Waals surface area contributed by atoms with E-state index in [1.807, 2.05) is 66.5 Å². The first-order valence-corrected chi connectivity index (χ1v) is 14.2. The maximum atomic E-state index is 14.5. The van der Waals surface area contributed by atoms with E-state index in [0.717, 1.165) is 24.8 Å². The molecule has 4 aliphatic heterocycles. The van der Waals surface area contributed by atoms with Gasteiger partial charge in [0.05, 0.1) is 35.8 Å². The molecule has 0 aromatic heterocycles. The quantitative estimate of drug-likeness (QED) is 0.334. The van der Waals surface area contributed by atoms with E-state index in [-0.39, 0.29) is 31.0 Å². The van der Waals surface area contributed by atoms with Gasteiger partial charge in [0.15, 0.2) is 0 Å². The Bertz CT molecular complexity index is 1110. The van der Waals surface area contributed by atoms with Crippen LogP contribution < -0.4 is 0 Å². The molecule has 4 aliphatic rings. The van der Waals surface area contributed by atoms with E-state index in [0.29, 0.717) is 19.5 Å². The average molecular weight is 525 g/mol. The average Bonchev–Trinajstić information content (AvgIpc) is 3.21. The number of carbonyl (C=O) groups excluding carboxylic acids is 3. The van der Waals surface area contributed by atoms with Gasteiger partial charge < -0.3 is 19.6 Å². The zero-order chi connectivity index (χ0) is 26.2. The minimum Gasteiger partial charge on any atom is -0.465 e. The largest absolute Gasteiger partial charge is 0.465 e. The summed E-state index contributed by atoms with van der Waals surface area (Å²) < 4.78 is 3.97. The third kappa shape index (κ3) is 4.22.